The zero-order valence-corrected chi connectivity index (χ0v) is 25.3. The van der Waals surface area contributed by atoms with Gasteiger partial charge in [-0.05, 0) is 54.1 Å². The van der Waals surface area contributed by atoms with Crippen LogP contribution in [0.15, 0.2) is 82.6 Å². The fourth-order valence-electron chi connectivity index (χ4n) is 5.58. The number of hydrogen-bond donors (Lipinski definition) is 1. The molecule has 232 valence electrons. The van der Waals surface area contributed by atoms with Crippen LogP contribution in [0.1, 0.15) is 21.9 Å². The van der Waals surface area contributed by atoms with Crippen LogP contribution in [0.3, 0.4) is 0 Å². The first-order chi connectivity index (χ1) is 21.5. The quantitative estimate of drug-likeness (QED) is 0.267. The monoisotopic (exact) mass is 655 g/mol. The first-order valence-electron chi connectivity index (χ1n) is 13.5. The lowest BCUT2D eigenvalue weighted by atomic mass is 9.83. The van der Waals surface area contributed by atoms with Gasteiger partial charge in [0.1, 0.15) is 23.3 Å². The van der Waals surface area contributed by atoms with E-state index < -0.39 is 63.7 Å². The molecule has 4 aromatic rings. The topological polar surface area (TPSA) is 107 Å². The number of carbonyl (C=O) groups is 3. The van der Waals surface area contributed by atoms with Crippen LogP contribution >= 0.6 is 23.1 Å². The van der Waals surface area contributed by atoms with E-state index in [1.54, 1.807) is 48.5 Å². The zero-order chi connectivity index (χ0) is 32.0. The number of thiazole rings is 1. The molecule has 9 nitrogen and oxygen atoms in total. The summed E-state index contributed by atoms with van der Waals surface area (Å²) in [5.41, 5.74) is -0.453. The second kappa shape index (κ2) is 11.7. The molecule has 2 aliphatic rings. The molecule has 14 heteroatoms. The van der Waals surface area contributed by atoms with Gasteiger partial charge in [-0.25, -0.2) is 4.90 Å². The van der Waals surface area contributed by atoms with Crippen molar-refractivity contribution in [3.63, 3.8) is 0 Å². The first kappa shape index (κ1) is 30.5. The molecule has 0 radical (unpaired) electrons. The van der Waals surface area contributed by atoms with E-state index in [1.807, 2.05) is 0 Å². The van der Waals surface area contributed by atoms with Crippen molar-refractivity contribution in [2.45, 2.75) is 28.9 Å². The standard InChI is InChI=1S/C31H24F3N3O6S2/c1-42-18-11-7-16(8-12-18)23-24-25(28(40)37(27(24)39)17-9-13-19(43-2)14-10-17)44-29-26(23)45-30(41)36(29)15-22(38)35-21-6-4-3-5-20(21)31(32,33)34/h3-14,23-25H,15H2,1-2H3,(H,35,38)/t23-,24-,25+/m0/s1. The van der Waals surface area contributed by atoms with Gasteiger partial charge in [0.05, 0.1) is 42.1 Å². The number of ether oxygens (including phenoxy) is 2. The Labute approximate surface area is 262 Å². The van der Waals surface area contributed by atoms with E-state index in [4.69, 9.17) is 9.47 Å². The Hall–Kier alpha value is -4.56. The molecule has 1 aromatic heterocycles. The summed E-state index contributed by atoms with van der Waals surface area (Å²) in [6.45, 7) is -0.596. The fourth-order valence-corrected chi connectivity index (χ4v) is 8.36. The maximum atomic E-state index is 14.0. The van der Waals surface area contributed by atoms with Crippen LogP contribution in [-0.4, -0.2) is 41.8 Å². The lowest BCUT2D eigenvalue weighted by molar-refractivity contribution is -0.137. The number of benzene rings is 3. The van der Waals surface area contributed by atoms with Gasteiger partial charge in [0.15, 0.2) is 0 Å². The van der Waals surface area contributed by atoms with Crippen molar-refractivity contribution in [2.24, 2.45) is 5.92 Å². The van der Waals surface area contributed by atoms with Gasteiger partial charge in [-0.2, -0.15) is 13.2 Å². The Kier molecular flexibility index (Phi) is 7.95. The molecule has 6 rings (SSSR count). The summed E-state index contributed by atoms with van der Waals surface area (Å²) in [5.74, 6) is -2.26. The Morgan fingerprint density at radius 2 is 1.51 bits per heavy atom. The third-order valence-electron chi connectivity index (χ3n) is 7.66. The van der Waals surface area contributed by atoms with Crippen molar-refractivity contribution in [1.82, 2.24) is 4.57 Å². The van der Waals surface area contributed by atoms with Gasteiger partial charge in [-0.15, -0.1) is 0 Å². The number of anilines is 2. The van der Waals surface area contributed by atoms with E-state index in [9.17, 15) is 32.3 Å². The average Bonchev–Trinajstić information content (AvgIpc) is 3.47. The number of fused-ring (bicyclic) bond motifs is 2. The maximum absolute atomic E-state index is 14.0. The summed E-state index contributed by atoms with van der Waals surface area (Å²) in [6, 6.07) is 17.9. The smallest absolute Gasteiger partial charge is 0.418 e. The predicted molar refractivity (Wildman–Crippen MR) is 162 cm³/mol. The minimum atomic E-state index is -4.70. The van der Waals surface area contributed by atoms with Crippen LogP contribution < -0.4 is 24.6 Å². The number of nitrogens with one attached hydrogen (secondary N) is 1. The van der Waals surface area contributed by atoms with Gasteiger partial charge in [0.2, 0.25) is 17.7 Å². The van der Waals surface area contributed by atoms with Crippen molar-refractivity contribution in [3.05, 3.63) is 98.5 Å². The molecule has 3 amide bonds. The molecule has 0 unspecified atom stereocenters. The van der Waals surface area contributed by atoms with Crippen molar-refractivity contribution >= 4 is 52.2 Å². The molecular formula is C31H24F3N3O6S2. The number of nitrogens with zero attached hydrogens (tertiary/aromatic N) is 2. The number of amides is 3. The van der Waals surface area contributed by atoms with Crippen molar-refractivity contribution in [2.75, 3.05) is 24.4 Å². The molecule has 3 aromatic carbocycles. The number of carbonyl (C=O) groups excluding carboxylic acids is 3. The van der Waals surface area contributed by atoms with Crippen LogP contribution in [0.25, 0.3) is 0 Å². The maximum Gasteiger partial charge on any atom is 0.418 e. The lowest BCUT2D eigenvalue weighted by Gasteiger charge is -2.30. The van der Waals surface area contributed by atoms with Gasteiger partial charge in [-0.1, -0.05) is 47.4 Å². The molecule has 0 spiro atoms. The third kappa shape index (κ3) is 5.48. The highest BCUT2D eigenvalue weighted by Crippen LogP contribution is 2.54. The Bertz CT molecular complexity index is 1850. The van der Waals surface area contributed by atoms with Gasteiger partial charge in [0, 0.05) is 10.8 Å². The number of alkyl halides is 3. The average molecular weight is 656 g/mol. The number of hydrogen-bond acceptors (Lipinski definition) is 8. The summed E-state index contributed by atoms with van der Waals surface area (Å²) in [4.78, 5) is 55.3. The predicted octanol–water partition coefficient (Wildman–Crippen LogP) is 5.38. The minimum Gasteiger partial charge on any atom is -0.497 e. The van der Waals surface area contributed by atoms with E-state index >= 15 is 0 Å². The number of aromatic nitrogens is 1. The molecule has 1 N–H and O–H groups in total. The summed E-state index contributed by atoms with van der Waals surface area (Å²) in [7, 11) is 3.01. The van der Waals surface area contributed by atoms with Crippen molar-refractivity contribution < 1.29 is 37.0 Å². The molecule has 0 saturated carbocycles. The van der Waals surface area contributed by atoms with Crippen LogP contribution in [0.5, 0.6) is 11.5 Å². The van der Waals surface area contributed by atoms with Crippen molar-refractivity contribution in [3.8, 4) is 11.5 Å². The van der Waals surface area contributed by atoms with Gasteiger partial charge in [0.25, 0.3) is 0 Å². The normalized spacial score (nSPS) is 19.2. The van der Waals surface area contributed by atoms with Gasteiger partial charge < -0.3 is 14.8 Å². The second-order valence-corrected chi connectivity index (χ2v) is 12.4. The second-order valence-electron chi connectivity index (χ2n) is 10.2. The van der Waals surface area contributed by atoms with Crippen LogP contribution in [0, 0.1) is 5.92 Å². The molecule has 45 heavy (non-hydrogen) atoms. The van der Waals surface area contributed by atoms with Crippen LogP contribution in [0.2, 0.25) is 0 Å². The Morgan fingerprint density at radius 3 is 2.13 bits per heavy atom. The summed E-state index contributed by atoms with van der Waals surface area (Å²) < 4.78 is 52.2. The number of halogens is 3. The van der Waals surface area contributed by atoms with Crippen molar-refractivity contribution in [1.29, 1.82) is 0 Å². The fraction of sp³-hybridized carbons (Fsp3) is 0.226. The SMILES string of the molecule is COc1ccc([C@@H]2c3sc(=O)n(CC(=O)Nc4ccccc4C(F)(F)F)c3S[C@H]3C(=O)N(c4ccc(OC)cc4)C(=O)[C@@H]23)cc1. The number of thioether (sulfide) groups is 1. The number of methoxy groups -OCH3 is 2. The Morgan fingerprint density at radius 1 is 0.889 bits per heavy atom. The molecule has 1 fully saturated rings. The van der Waals surface area contributed by atoms with E-state index in [-0.39, 0.29) is 0 Å². The molecule has 1 saturated heterocycles. The molecule has 2 aliphatic heterocycles. The van der Waals surface area contributed by atoms with E-state index in [2.05, 4.69) is 5.32 Å². The lowest BCUT2D eigenvalue weighted by Crippen LogP contribution is -2.33. The zero-order valence-electron chi connectivity index (χ0n) is 23.7. The summed E-state index contributed by atoms with van der Waals surface area (Å²) in [5, 5.41) is 1.64. The molecule has 3 heterocycles. The van der Waals surface area contributed by atoms with Crippen LogP contribution in [0.4, 0.5) is 24.5 Å². The first-order valence-corrected chi connectivity index (χ1v) is 15.2. The molecular weight excluding hydrogens is 631 g/mol. The Balaban J connectivity index is 1.39. The molecule has 0 bridgehead atoms. The summed E-state index contributed by atoms with van der Waals surface area (Å²) in [6.07, 6.45) is -4.70. The highest BCUT2D eigenvalue weighted by atomic mass is 32.2. The number of imide groups is 1. The van der Waals surface area contributed by atoms with Crippen LogP contribution in [-0.2, 0) is 27.1 Å². The van der Waals surface area contributed by atoms with Gasteiger partial charge in [-0.3, -0.25) is 23.7 Å². The number of para-hydroxylation sites is 1. The van der Waals surface area contributed by atoms with Gasteiger partial charge >= 0.3 is 11.0 Å². The number of rotatable bonds is 7. The molecule has 3 atom stereocenters. The third-order valence-corrected chi connectivity index (χ3v) is 10.3. The van der Waals surface area contributed by atoms with E-state index in [0.29, 0.717) is 32.7 Å². The highest BCUT2D eigenvalue weighted by Gasteiger charge is 2.56. The highest BCUT2D eigenvalue weighted by molar-refractivity contribution is 8.00. The minimum absolute atomic E-state index is 0.309. The molecule has 0 aliphatic carbocycles. The van der Waals surface area contributed by atoms with E-state index in [1.165, 1.54) is 26.4 Å². The largest absolute Gasteiger partial charge is 0.497 e. The summed E-state index contributed by atoms with van der Waals surface area (Å²) >= 11 is 1.84. The van der Waals surface area contributed by atoms with E-state index in [0.717, 1.165) is 44.7 Å².